The summed E-state index contributed by atoms with van der Waals surface area (Å²) in [6, 6.07) is 17.9. The van der Waals surface area contributed by atoms with Crippen LogP contribution in [0.5, 0.6) is 0 Å². The van der Waals surface area contributed by atoms with Gasteiger partial charge in [-0.2, -0.15) is 0 Å². The number of fused-ring (bicyclic) bond motifs is 2. The molecule has 0 unspecified atom stereocenters. The van der Waals surface area contributed by atoms with Crippen molar-refractivity contribution in [2.24, 2.45) is 5.73 Å². The van der Waals surface area contributed by atoms with Gasteiger partial charge in [-0.05, 0) is 42.6 Å². The minimum atomic E-state index is -0.560. The summed E-state index contributed by atoms with van der Waals surface area (Å²) in [4.78, 5) is 31.5. The highest BCUT2D eigenvalue weighted by Crippen LogP contribution is 2.24. The number of anilines is 1. The molecule has 2 aromatic carbocycles. The van der Waals surface area contributed by atoms with E-state index in [1.807, 2.05) is 61.5 Å². The summed E-state index contributed by atoms with van der Waals surface area (Å²) in [5.41, 5.74) is 13.8. The lowest BCUT2D eigenvalue weighted by Crippen LogP contribution is -2.32. The van der Waals surface area contributed by atoms with Crippen LogP contribution in [0, 0.1) is 11.8 Å². The predicted octanol–water partition coefficient (Wildman–Crippen LogP) is 2.81. The van der Waals surface area contributed by atoms with Crippen molar-refractivity contribution in [1.82, 2.24) is 24.5 Å². The number of amides is 1. The van der Waals surface area contributed by atoms with Gasteiger partial charge in [0.05, 0.1) is 11.4 Å². The lowest BCUT2D eigenvalue weighted by atomic mass is 10.0. The molecule has 5 N–H and O–H groups in total. The maximum atomic E-state index is 14.0. The number of nitrogens with one attached hydrogen (secondary N) is 1. The number of rotatable bonds is 5. The summed E-state index contributed by atoms with van der Waals surface area (Å²) in [6.07, 6.45) is 3.77. The van der Waals surface area contributed by atoms with Crippen LogP contribution in [0.15, 0.2) is 77.9 Å². The molecule has 3 aromatic heterocycles. The van der Waals surface area contributed by atoms with Crippen LogP contribution in [0.1, 0.15) is 41.0 Å². The molecule has 0 spiro atoms. The Labute approximate surface area is 212 Å². The molecule has 1 amide bonds. The Morgan fingerprint density at radius 2 is 1.95 bits per heavy atom. The Hall–Kier alpha value is -4.94. The summed E-state index contributed by atoms with van der Waals surface area (Å²) in [5, 5.41) is 8.38. The second-order valence-corrected chi connectivity index (χ2v) is 8.50. The van der Waals surface area contributed by atoms with Crippen molar-refractivity contribution in [2.75, 3.05) is 12.3 Å². The van der Waals surface area contributed by atoms with Crippen LogP contribution in [-0.2, 0) is 0 Å². The number of nitrogens with zero attached hydrogens (tertiary/aromatic N) is 4. The van der Waals surface area contributed by atoms with Gasteiger partial charge in [-0.15, -0.1) is 5.10 Å². The van der Waals surface area contributed by atoms with E-state index in [0.29, 0.717) is 40.9 Å². The Bertz CT molecular complexity index is 1740. The monoisotopic (exact) mass is 491 g/mol. The first-order valence-corrected chi connectivity index (χ1v) is 11.8. The summed E-state index contributed by atoms with van der Waals surface area (Å²) >= 11 is 0. The third kappa shape index (κ3) is 4.42. The van der Waals surface area contributed by atoms with Crippen LogP contribution >= 0.6 is 0 Å². The van der Waals surface area contributed by atoms with Crippen molar-refractivity contribution in [3.8, 4) is 17.5 Å². The highest BCUT2D eigenvalue weighted by atomic mass is 16.2. The number of hydrogen-bond acceptors (Lipinski definition) is 6. The molecule has 9 heteroatoms. The number of para-hydroxylation sites is 1. The molecule has 3 heterocycles. The van der Waals surface area contributed by atoms with Crippen molar-refractivity contribution < 1.29 is 4.79 Å². The maximum Gasteiger partial charge on any atom is 0.264 e. The first-order valence-electron chi connectivity index (χ1n) is 11.8. The number of nitrogens with two attached hydrogens (primary N) is 2. The number of aromatic nitrogens is 4. The Balaban J connectivity index is 1.64. The van der Waals surface area contributed by atoms with Crippen molar-refractivity contribution in [1.29, 1.82) is 0 Å². The fourth-order valence-corrected chi connectivity index (χ4v) is 4.34. The van der Waals surface area contributed by atoms with Crippen LogP contribution in [-0.4, -0.2) is 31.6 Å². The molecule has 0 bridgehead atoms. The van der Waals surface area contributed by atoms with Crippen molar-refractivity contribution >= 4 is 28.1 Å². The highest BCUT2D eigenvalue weighted by Gasteiger charge is 2.23. The first kappa shape index (κ1) is 23.8. The lowest BCUT2D eigenvalue weighted by molar-refractivity contribution is 0.0941. The average molecular weight is 492 g/mol. The lowest BCUT2D eigenvalue weighted by Gasteiger charge is -2.21. The largest absolute Gasteiger partial charge is 0.381 e. The number of pyridine rings is 1. The maximum absolute atomic E-state index is 14.0. The minimum absolute atomic E-state index is 0.0723. The number of benzene rings is 2. The van der Waals surface area contributed by atoms with E-state index in [4.69, 9.17) is 11.5 Å². The molecule has 184 valence electrons. The third-order valence-electron chi connectivity index (χ3n) is 6.02. The van der Waals surface area contributed by atoms with Crippen LogP contribution in [0.2, 0.25) is 0 Å². The van der Waals surface area contributed by atoms with Crippen LogP contribution in [0.25, 0.3) is 22.1 Å². The smallest absolute Gasteiger partial charge is 0.264 e. The SMILES string of the molecule is C[C@H](NC(=O)c1c(N)nn2cccnc12)c1cc2cccc(C#CCCN)c2c(=O)n1-c1ccccc1. The normalized spacial score (nSPS) is 11.7. The van der Waals surface area contributed by atoms with E-state index in [2.05, 4.69) is 27.2 Å². The van der Waals surface area contributed by atoms with Gasteiger partial charge in [-0.25, -0.2) is 9.50 Å². The molecule has 0 radical (unpaired) electrons. The summed E-state index contributed by atoms with van der Waals surface area (Å²) in [5.74, 6) is 5.75. The highest BCUT2D eigenvalue weighted by molar-refractivity contribution is 6.04. The first-order chi connectivity index (χ1) is 18.0. The van der Waals surface area contributed by atoms with Gasteiger partial charge >= 0.3 is 0 Å². The second-order valence-electron chi connectivity index (χ2n) is 8.50. The third-order valence-corrected chi connectivity index (χ3v) is 6.02. The van der Waals surface area contributed by atoms with E-state index >= 15 is 0 Å². The fourth-order valence-electron chi connectivity index (χ4n) is 4.34. The van der Waals surface area contributed by atoms with Gasteiger partial charge in [-0.3, -0.25) is 14.2 Å². The zero-order valence-corrected chi connectivity index (χ0v) is 20.2. The van der Waals surface area contributed by atoms with Gasteiger partial charge in [-0.1, -0.05) is 42.2 Å². The van der Waals surface area contributed by atoms with Crippen LogP contribution < -0.4 is 22.3 Å². The molecule has 1 atom stereocenters. The molecule has 0 aliphatic heterocycles. The van der Waals surface area contributed by atoms with Gasteiger partial charge in [0.1, 0.15) is 5.56 Å². The topological polar surface area (TPSA) is 133 Å². The second kappa shape index (κ2) is 9.97. The van der Waals surface area contributed by atoms with Gasteiger partial charge in [0.25, 0.3) is 11.5 Å². The number of hydrogen-bond donors (Lipinski definition) is 3. The Kier molecular flexibility index (Phi) is 6.41. The summed E-state index contributed by atoms with van der Waals surface area (Å²) in [7, 11) is 0. The number of carbonyl (C=O) groups is 1. The summed E-state index contributed by atoms with van der Waals surface area (Å²) in [6.45, 7) is 2.26. The van der Waals surface area contributed by atoms with Gasteiger partial charge in [0.2, 0.25) is 0 Å². The van der Waals surface area contributed by atoms with Gasteiger partial charge < -0.3 is 16.8 Å². The molecular weight excluding hydrogens is 466 g/mol. The Morgan fingerprint density at radius 1 is 1.14 bits per heavy atom. The molecule has 37 heavy (non-hydrogen) atoms. The molecule has 0 aliphatic rings. The standard InChI is InChI=1S/C28H25N7O2/c1-18(32-27(36)24-25(30)33-34-16-8-15-31-26(24)34)22-17-20-11-7-10-19(9-5-6-14-29)23(20)28(37)35(22)21-12-3-2-4-13-21/h2-4,7-8,10-13,15-18H,6,14,29H2,1H3,(H2,30,33)(H,32,36)/t18-/m0/s1. The van der Waals surface area contributed by atoms with Crippen LogP contribution in [0.3, 0.4) is 0 Å². The summed E-state index contributed by atoms with van der Waals surface area (Å²) < 4.78 is 3.07. The predicted molar refractivity (Wildman–Crippen MR) is 143 cm³/mol. The molecule has 9 nitrogen and oxygen atoms in total. The minimum Gasteiger partial charge on any atom is -0.381 e. The van der Waals surface area contributed by atoms with E-state index in [9.17, 15) is 9.59 Å². The fraction of sp³-hybridized carbons (Fsp3) is 0.143. The molecule has 5 rings (SSSR count). The van der Waals surface area contributed by atoms with Gasteiger partial charge in [0, 0.05) is 42.3 Å². The zero-order chi connectivity index (χ0) is 25.9. The van der Waals surface area contributed by atoms with Crippen LogP contribution in [0.4, 0.5) is 5.82 Å². The number of nitrogen functional groups attached to an aromatic ring is 1. The molecule has 5 aromatic rings. The molecule has 0 saturated heterocycles. The molecule has 0 aliphatic carbocycles. The molecule has 0 saturated carbocycles. The Morgan fingerprint density at radius 3 is 2.73 bits per heavy atom. The van der Waals surface area contributed by atoms with Crippen molar-refractivity contribution in [3.63, 3.8) is 0 Å². The zero-order valence-electron chi connectivity index (χ0n) is 20.2. The van der Waals surface area contributed by atoms with Crippen molar-refractivity contribution in [3.05, 3.63) is 100 Å². The van der Waals surface area contributed by atoms with Crippen molar-refractivity contribution in [2.45, 2.75) is 19.4 Å². The average Bonchev–Trinajstić information content (AvgIpc) is 3.24. The van der Waals surface area contributed by atoms with E-state index < -0.39 is 11.9 Å². The molecular formula is C28H25N7O2. The quantitative estimate of drug-likeness (QED) is 0.324. The molecule has 0 fully saturated rings. The van der Waals surface area contributed by atoms with Gasteiger partial charge in [0.15, 0.2) is 11.5 Å². The van der Waals surface area contributed by atoms with E-state index in [-0.39, 0.29) is 16.9 Å². The van der Waals surface area contributed by atoms with E-state index in [0.717, 1.165) is 5.39 Å². The van der Waals surface area contributed by atoms with E-state index in [1.165, 1.54) is 4.52 Å². The van der Waals surface area contributed by atoms with E-state index in [1.54, 1.807) is 23.0 Å². The number of carbonyl (C=O) groups excluding carboxylic acids is 1.